The van der Waals surface area contributed by atoms with Gasteiger partial charge in [-0.1, -0.05) is 17.7 Å². The fourth-order valence-corrected chi connectivity index (χ4v) is 3.20. The van der Waals surface area contributed by atoms with Crippen molar-refractivity contribution in [2.75, 3.05) is 12.3 Å². The average molecular weight is 309 g/mol. The van der Waals surface area contributed by atoms with Crippen LogP contribution in [0.4, 0.5) is 0 Å². The first kappa shape index (κ1) is 15.9. The van der Waals surface area contributed by atoms with Crippen molar-refractivity contribution < 1.29 is 19.8 Å². The first-order valence-corrected chi connectivity index (χ1v) is 7.85. The summed E-state index contributed by atoms with van der Waals surface area (Å²) in [5, 5.41) is 18.6. The van der Waals surface area contributed by atoms with E-state index in [0.29, 0.717) is 5.75 Å². The monoisotopic (exact) mass is 309 g/mol. The van der Waals surface area contributed by atoms with Crippen LogP contribution in [0.2, 0.25) is 0 Å². The van der Waals surface area contributed by atoms with Crippen LogP contribution in [0, 0.1) is 6.92 Å². The molecule has 1 amide bonds. The zero-order chi connectivity index (χ0) is 15.4. The van der Waals surface area contributed by atoms with Gasteiger partial charge in [0.05, 0.1) is 6.10 Å². The van der Waals surface area contributed by atoms with Crippen molar-refractivity contribution in [3.05, 3.63) is 29.8 Å². The minimum absolute atomic E-state index is 0.116. The molecule has 0 aromatic heterocycles. The maximum atomic E-state index is 12.1. The third-order valence-electron chi connectivity index (χ3n) is 3.49. The Labute approximate surface area is 128 Å². The van der Waals surface area contributed by atoms with Gasteiger partial charge in [0.2, 0.25) is 5.91 Å². The molecule has 0 saturated carbocycles. The first-order valence-electron chi connectivity index (χ1n) is 6.87. The molecule has 0 bridgehead atoms. The second-order valence-corrected chi connectivity index (χ2v) is 6.37. The molecule has 6 heteroatoms. The minimum Gasteiger partial charge on any atom is -0.480 e. The SMILES string of the molecule is Cc1ccc(SCCC(=O)N2CC(O)C[C@H]2C(=O)O)cc1. The number of carboxylic acid groups (broad SMARTS) is 1. The molecule has 0 aliphatic carbocycles. The van der Waals surface area contributed by atoms with Crippen LogP contribution >= 0.6 is 11.8 Å². The molecule has 0 spiro atoms. The van der Waals surface area contributed by atoms with Gasteiger partial charge < -0.3 is 15.1 Å². The number of carboxylic acids is 1. The van der Waals surface area contributed by atoms with Crippen LogP contribution in [-0.2, 0) is 9.59 Å². The van der Waals surface area contributed by atoms with Crippen LogP contribution in [0.15, 0.2) is 29.2 Å². The van der Waals surface area contributed by atoms with Crippen LogP contribution in [0.25, 0.3) is 0 Å². The average Bonchev–Trinajstić information content (AvgIpc) is 2.83. The van der Waals surface area contributed by atoms with Crippen LogP contribution in [0.3, 0.4) is 0 Å². The standard InChI is InChI=1S/C15H19NO4S/c1-10-2-4-12(5-3-10)21-7-6-14(18)16-9-11(17)8-13(16)15(19)20/h2-5,11,13,17H,6-9H2,1H3,(H,19,20)/t11?,13-/m0/s1. The van der Waals surface area contributed by atoms with E-state index in [9.17, 15) is 14.7 Å². The molecule has 114 valence electrons. The van der Waals surface area contributed by atoms with Gasteiger partial charge >= 0.3 is 5.97 Å². The van der Waals surface area contributed by atoms with Gasteiger partial charge in [0.15, 0.2) is 0 Å². The molecule has 0 radical (unpaired) electrons. The molecule has 5 nitrogen and oxygen atoms in total. The number of aryl methyl sites for hydroxylation is 1. The summed E-state index contributed by atoms with van der Waals surface area (Å²) in [6.07, 6.45) is -0.346. The predicted octanol–water partition coefficient (Wildman–Crippen LogP) is 1.52. The van der Waals surface area contributed by atoms with Crippen molar-refractivity contribution in [2.24, 2.45) is 0 Å². The van der Waals surface area contributed by atoms with Crippen molar-refractivity contribution in [1.82, 2.24) is 4.90 Å². The Morgan fingerprint density at radius 1 is 1.33 bits per heavy atom. The fourth-order valence-electron chi connectivity index (χ4n) is 2.36. The highest BCUT2D eigenvalue weighted by molar-refractivity contribution is 7.99. The Balaban J connectivity index is 1.84. The van der Waals surface area contributed by atoms with Crippen molar-refractivity contribution in [2.45, 2.75) is 36.8 Å². The number of rotatable bonds is 5. The normalized spacial score (nSPS) is 21.5. The number of β-amino-alcohol motifs (C(OH)–C–C–N with tert-alkyl or cyclic N) is 1. The lowest BCUT2D eigenvalue weighted by Gasteiger charge is -2.21. The topological polar surface area (TPSA) is 77.8 Å². The van der Waals surface area contributed by atoms with E-state index in [1.165, 1.54) is 10.5 Å². The molecule has 2 atom stereocenters. The van der Waals surface area contributed by atoms with Crippen LogP contribution in [0.1, 0.15) is 18.4 Å². The molecule has 1 fully saturated rings. The minimum atomic E-state index is -1.05. The molecule has 1 unspecified atom stereocenters. The Hall–Kier alpha value is -1.53. The van der Waals surface area contributed by atoms with Crippen molar-refractivity contribution in [1.29, 1.82) is 0 Å². The summed E-state index contributed by atoms with van der Waals surface area (Å²) < 4.78 is 0. The fraction of sp³-hybridized carbons (Fsp3) is 0.467. The van der Waals surface area contributed by atoms with E-state index in [0.717, 1.165) is 4.90 Å². The number of aliphatic hydroxyl groups is 1. The van der Waals surface area contributed by atoms with E-state index in [2.05, 4.69) is 0 Å². The summed E-state index contributed by atoms with van der Waals surface area (Å²) in [5.74, 6) is -0.662. The molecular weight excluding hydrogens is 290 g/mol. The summed E-state index contributed by atoms with van der Waals surface area (Å²) in [7, 11) is 0. The summed E-state index contributed by atoms with van der Waals surface area (Å²) in [6, 6.07) is 7.15. The second-order valence-electron chi connectivity index (χ2n) is 5.20. The van der Waals surface area contributed by atoms with E-state index in [1.807, 2.05) is 31.2 Å². The maximum Gasteiger partial charge on any atom is 0.326 e. The number of carbonyl (C=O) groups excluding carboxylic acids is 1. The summed E-state index contributed by atoms with van der Waals surface area (Å²) >= 11 is 1.57. The Morgan fingerprint density at radius 3 is 2.62 bits per heavy atom. The summed E-state index contributed by atoms with van der Waals surface area (Å²) in [4.78, 5) is 25.5. The van der Waals surface area contributed by atoms with E-state index in [4.69, 9.17) is 5.11 Å². The molecule has 1 saturated heterocycles. The van der Waals surface area contributed by atoms with E-state index >= 15 is 0 Å². The third-order valence-corrected chi connectivity index (χ3v) is 4.50. The molecule has 21 heavy (non-hydrogen) atoms. The largest absolute Gasteiger partial charge is 0.480 e. The summed E-state index contributed by atoms with van der Waals surface area (Å²) in [5.41, 5.74) is 1.19. The highest BCUT2D eigenvalue weighted by atomic mass is 32.2. The van der Waals surface area contributed by atoms with Crippen LogP contribution < -0.4 is 0 Å². The highest BCUT2D eigenvalue weighted by Gasteiger charge is 2.38. The number of thioether (sulfide) groups is 1. The smallest absolute Gasteiger partial charge is 0.326 e. The molecule has 2 N–H and O–H groups in total. The molecular formula is C15H19NO4S. The van der Waals surface area contributed by atoms with Gasteiger partial charge in [0.1, 0.15) is 6.04 Å². The van der Waals surface area contributed by atoms with Gasteiger partial charge in [-0.25, -0.2) is 4.79 Å². The van der Waals surface area contributed by atoms with Gasteiger partial charge in [-0.15, -0.1) is 11.8 Å². The van der Waals surface area contributed by atoms with Gasteiger partial charge in [-0.05, 0) is 19.1 Å². The predicted molar refractivity (Wildman–Crippen MR) is 80.3 cm³/mol. The number of aliphatic hydroxyl groups excluding tert-OH is 1. The van der Waals surface area contributed by atoms with Gasteiger partial charge in [0.25, 0.3) is 0 Å². The number of hydrogen-bond acceptors (Lipinski definition) is 4. The Bertz CT molecular complexity index is 517. The number of nitrogens with zero attached hydrogens (tertiary/aromatic N) is 1. The van der Waals surface area contributed by atoms with Crippen molar-refractivity contribution >= 4 is 23.6 Å². The number of hydrogen-bond donors (Lipinski definition) is 2. The molecule has 1 aromatic rings. The molecule has 1 heterocycles. The number of likely N-dealkylation sites (tertiary alicyclic amines) is 1. The number of benzene rings is 1. The highest BCUT2D eigenvalue weighted by Crippen LogP contribution is 2.22. The van der Waals surface area contributed by atoms with Gasteiger partial charge in [-0.3, -0.25) is 4.79 Å². The van der Waals surface area contributed by atoms with E-state index < -0.39 is 18.1 Å². The van der Waals surface area contributed by atoms with Gasteiger partial charge in [-0.2, -0.15) is 0 Å². The zero-order valence-electron chi connectivity index (χ0n) is 11.9. The van der Waals surface area contributed by atoms with Crippen molar-refractivity contribution in [3.63, 3.8) is 0 Å². The lowest BCUT2D eigenvalue weighted by molar-refractivity contribution is -0.148. The lowest BCUT2D eigenvalue weighted by atomic mass is 10.2. The van der Waals surface area contributed by atoms with Crippen molar-refractivity contribution in [3.8, 4) is 0 Å². The van der Waals surface area contributed by atoms with Crippen LogP contribution in [-0.4, -0.2) is 51.4 Å². The molecule has 1 aromatic carbocycles. The number of amides is 1. The zero-order valence-corrected chi connectivity index (χ0v) is 12.7. The lowest BCUT2D eigenvalue weighted by Crippen LogP contribution is -2.40. The molecule has 1 aliphatic heterocycles. The first-order chi connectivity index (χ1) is 9.97. The van der Waals surface area contributed by atoms with Crippen LogP contribution in [0.5, 0.6) is 0 Å². The second kappa shape index (κ2) is 6.95. The molecule has 2 rings (SSSR count). The third kappa shape index (κ3) is 4.22. The number of carbonyl (C=O) groups is 2. The number of aliphatic carboxylic acids is 1. The quantitative estimate of drug-likeness (QED) is 0.807. The molecule has 1 aliphatic rings. The maximum absolute atomic E-state index is 12.1. The Kier molecular flexibility index (Phi) is 5.25. The Morgan fingerprint density at radius 2 is 2.00 bits per heavy atom. The summed E-state index contributed by atoms with van der Waals surface area (Å²) in [6.45, 7) is 2.13. The van der Waals surface area contributed by atoms with Gasteiger partial charge in [0, 0.05) is 30.0 Å². The van der Waals surface area contributed by atoms with E-state index in [-0.39, 0.29) is 25.3 Å². The van der Waals surface area contributed by atoms with E-state index in [1.54, 1.807) is 11.8 Å².